The second-order valence-electron chi connectivity index (χ2n) is 4.02. The highest BCUT2D eigenvalue weighted by Gasteiger charge is 2.18. The first-order valence-corrected chi connectivity index (χ1v) is 5.46. The summed E-state index contributed by atoms with van der Waals surface area (Å²) >= 11 is 0. The zero-order chi connectivity index (χ0) is 12.1. The van der Waals surface area contributed by atoms with Crippen molar-refractivity contribution >= 4 is 5.69 Å². The standard InChI is InChI=1S/C13H17NO2/c1-4-10(2)9-11(3)12-7-5-6-8-13(12)14(15)16/h5-8,11H,2,4,9H2,1,3H3. The minimum atomic E-state index is -0.319. The van der Waals surface area contributed by atoms with Gasteiger partial charge < -0.3 is 0 Å². The molecule has 3 nitrogen and oxygen atoms in total. The minimum Gasteiger partial charge on any atom is -0.258 e. The molecule has 0 aromatic heterocycles. The lowest BCUT2D eigenvalue weighted by Crippen LogP contribution is -2.00. The van der Waals surface area contributed by atoms with Crippen LogP contribution in [0.5, 0.6) is 0 Å². The molecule has 0 saturated carbocycles. The zero-order valence-corrected chi connectivity index (χ0v) is 9.77. The molecule has 3 heteroatoms. The van der Waals surface area contributed by atoms with Crippen LogP contribution in [-0.2, 0) is 0 Å². The van der Waals surface area contributed by atoms with Crippen molar-refractivity contribution in [3.63, 3.8) is 0 Å². The van der Waals surface area contributed by atoms with Gasteiger partial charge in [-0.05, 0) is 18.8 Å². The highest BCUT2D eigenvalue weighted by atomic mass is 16.6. The van der Waals surface area contributed by atoms with E-state index in [4.69, 9.17) is 0 Å². The van der Waals surface area contributed by atoms with E-state index in [2.05, 4.69) is 13.5 Å². The van der Waals surface area contributed by atoms with Gasteiger partial charge in [0.1, 0.15) is 0 Å². The smallest absolute Gasteiger partial charge is 0.258 e. The molecule has 0 aliphatic heterocycles. The maximum absolute atomic E-state index is 10.9. The first kappa shape index (κ1) is 12.4. The van der Waals surface area contributed by atoms with E-state index in [9.17, 15) is 10.1 Å². The molecule has 0 aliphatic rings. The summed E-state index contributed by atoms with van der Waals surface area (Å²) in [4.78, 5) is 10.5. The fourth-order valence-corrected chi connectivity index (χ4v) is 1.76. The largest absolute Gasteiger partial charge is 0.272 e. The zero-order valence-electron chi connectivity index (χ0n) is 9.77. The van der Waals surface area contributed by atoms with Gasteiger partial charge in [-0.2, -0.15) is 0 Å². The number of nitro groups is 1. The van der Waals surface area contributed by atoms with Crippen LogP contribution in [0.3, 0.4) is 0 Å². The van der Waals surface area contributed by atoms with E-state index in [-0.39, 0.29) is 16.5 Å². The van der Waals surface area contributed by atoms with E-state index in [0.717, 1.165) is 24.0 Å². The summed E-state index contributed by atoms with van der Waals surface area (Å²) in [5.41, 5.74) is 2.13. The molecule has 86 valence electrons. The van der Waals surface area contributed by atoms with Crippen molar-refractivity contribution in [2.24, 2.45) is 0 Å². The number of hydrogen-bond donors (Lipinski definition) is 0. The van der Waals surface area contributed by atoms with E-state index in [1.165, 1.54) is 0 Å². The van der Waals surface area contributed by atoms with Crippen molar-refractivity contribution < 1.29 is 4.92 Å². The Hall–Kier alpha value is -1.64. The molecule has 1 aromatic rings. The van der Waals surface area contributed by atoms with Gasteiger partial charge in [0.2, 0.25) is 0 Å². The monoisotopic (exact) mass is 219 g/mol. The maximum atomic E-state index is 10.9. The number of nitrogens with zero attached hydrogens (tertiary/aromatic N) is 1. The molecule has 1 unspecified atom stereocenters. The van der Waals surface area contributed by atoms with Crippen LogP contribution in [0.15, 0.2) is 36.4 Å². The van der Waals surface area contributed by atoms with Gasteiger partial charge in [-0.3, -0.25) is 10.1 Å². The Kier molecular flexibility index (Phi) is 4.23. The Bertz CT molecular complexity index is 399. The van der Waals surface area contributed by atoms with Gasteiger partial charge in [-0.1, -0.05) is 44.2 Å². The summed E-state index contributed by atoms with van der Waals surface area (Å²) in [5.74, 6) is 0.147. The van der Waals surface area contributed by atoms with Crippen LogP contribution < -0.4 is 0 Å². The van der Waals surface area contributed by atoms with Gasteiger partial charge in [0, 0.05) is 11.6 Å². The molecule has 0 heterocycles. The first-order chi connectivity index (χ1) is 7.56. The van der Waals surface area contributed by atoms with Crippen molar-refractivity contribution in [1.82, 2.24) is 0 Å². The molecular formula is C13H17NO2. The van der Waals surface area contributed by atoms with Gasteiger partial charge in [-0.25, -0.2) is 0 Å². The van der Waals surface area contributed by atoms with Crippen LogP contribution in [0.1, 0.15) is 38.2 Å². The van der Waals surface area contributed by atoms with Gasteiger partial charge in [0.25, 0.3) is 5.69 Å². The minimum absolute atomic E-state index is 0.147. The number of para-hydroxylation sites is 1. The molecule has 0 saturated heterocycles. The lowest BCUT2D eigenvalue weighted by atomic mass is 9.92. The number of hydrogen-bond acceptors (Lipinski definition) is 2. The van der Waals surface area contributed by atoms with E-state index in [1.54, 1.807) is 12.1 Å². The number of benzene rings is 1. The first-order valence-electron chi connectivity index (χ1n) is 5.46. The quantitative estimate of drug-likeness (QED) is 0.426. The van der Waals surface area contributed by atoms with E-state index < -0.39 is 0 Å². The van der Waals surface area contributed by atoms with Crippen LogP contribution in [0.2, 0.25) is 0 Å². The molecule has 1 rings (SSSR count). The normalized spacial score (nSPS) is 12.1. The molecule has 0 amide bonds. The summed E-state index contributed by atoms with van der Waals surface area (Å²) < 4.78 is 0. The lowest BCUT2D eigenvalue weighted by molar-refractivity contribution is -0.385. The SMILES string of the molecule is C=C(CC)CC(C)c1ccccc1[N+](=O)[O-]. The Balaban J connectivity index is 2.94. The van der Waals surface area contributed by atoms with E-state index >= 15 is 0 Å². The molecule has 1 atom stereocenters. The third-order valence-electron chi connectivity index (χ3n) is 2.76. The van der Waals surface area contributed by atoms with Crippen LogP contribution in [0.25, 0.3) is 0 Å². The van der Waals surface area contributed by atoms with Crippen molar-refractivity contribution in [3.8, 4) is 0 Å². The lowest BCUT2D eigenvalue weighted by Gasteiger charge is -2.12. The van der Waals surface area contributed by atoms with Crippen LogP contribution in [-0.4, -0.2) is 4.92 Å². The summed E-state index contributed by atoms with van der Waals surface area (Å²) in [6.45, 7) is 8.00. The summed E-state index contributed by atoms with van der Waals surface area (Å²) in [6.07, 6.45) is 1.73. The summed E-state index contributed by atoms with van der Waals surface area (Å²) in [5, 5.41) is 10.9. The maximum Gasteiger partial charge on any atom is 0.272 e. The molecule has 16 heavy (non-hydrogen) atoms. The van der Waals surface area contributed by atoms with Gasteiger partial charge >= 0.3 is 0 Å². The predicted octanol–water partition coefficient (Wildman–Crippen LogP) is 4.05. The topological polar surface area (TPSA) is 43.1 Å². The Morgan fingerprint density at radius 3 is 2.69 bits per heavy atom. The predicted molar refractivity (Wildman–Crippen MR) is 65.6 cm³/mol. The van der Waals surface area contributed by atoms with Gasteiger partial charge in [-0.15, -0.1) is 0 Å². The second-order valence-corrected chi connectivity index (χ2v) is 4.02. The van der Waals surface area contributed by atoms with Crippen molar-refractivity contribution in [2.75, 3.05) is 0 Å². The Morgan fingerprint density at radius 1 is 1.50 bits per heavy atom. The highest BCUT2D eigenvalue weighted by Crippen LogP contribution is 2.30. The molecule has 1 aromatic carbocycles. The fourth-order valence-electron chi connectivity index (χ4n) is 1.76. The fraction of sp³-hybridized carbons (Fsp3) is 0.385. The molecular weight excluding hydrogens is 202 g/mol. The van der Waals surface area contributed by atoms with Crippen LogP contribution in [0, 0.1) is 10.1 Å². The molecule has 0 bridgehead atoms. The van der Waals surface area contributed by atoms with E-state index in [1.807, 2.05) is 19.1 Å². The van der Waals surface area contributed by atoms with Crippen molar-refractivity contribution in [3.05, 3.63) is 52.1 Å². The van der Waals surface area contributed by atoms with Crippen molar-refractivity contribution in [1.29, 1.82) is 0 Å². The summed E-state index contributed by atoms with van der Waals surface area (Å²) in [7, 11) is 0. The number of allylic oxidation sites excluding steroid dienone is 1. The summed E-state index contributed by atoms with van der Waals surface area (Å²) in [6, 6.07) is 6.92. The van der Waals surface area contributed by atoms with E-state index in [0.29, 0.717) is 0 Å². The van der Waals surface area contributed by atoms with Crippen molar-refractivity contribution in [2.45, 2.75) is 32.6 Å². The molecule has 0 N–H and O–H groups in total. The Labute approximate surface area is 95.9 Å². The molecule has 0 radical (unpaired) electrons. The number of nitro benzene ring substituents is 1. The third kappa shape index (κ3) is 2.92. The third-order valence-corrected chi connectivity index (χ3v) is 2.76. The molecule has 0 aliphatic carbocycles. The van der Waals surface area contributed by atoms with Gasteiger partial charge in [0.05, 0.1) is 4.92 Å². The average molecular weight is 219 g/mol. The van der Waals surface area contributed by atoms with Gasteiger partial charge in [0.15, 0.2) is 0 Å². The molecule has 0 spiro atoms. The van der Waals surface area contributed by atoms with Crippen LogP contribution in [0.4, 0.5) is 5.69 Å². The molecule has 0 fully saturated rings. The van der Waals surface area contributed by atoms with Crippen LogP contribution >= 0.6 is 0 Å². The second kappa shape index (κ2) is 5.45. The number of rotatable bonds is 5. The Morgan fingerprint density at radius 2 is 2.12 bits per heavy atom. The highest BCUT2D eigenvalue weighted by molar-refractivity contribution is 5.42. The average Bonchev–Trinajstić information content (AvgIpc) is 2.28.